The predicted molar refractivity (Wildman–Crippen MR) is 125 cm³/mol. The van der Waals surface area contributed by atoms with E-state index in [1.54, 1.807) is 0 Å². The fourth-order valence-electron chi connectivity index (χ4n) is 4.68. The highest BCUT2D eigenvalue weighted by Gasteiger charge is 2.09. The largest absolute Gasteiger partial charge is 0.354 e. The summed E-state index contributed by atoms with van der Waals surface area (Å²) in [4.78, 5) is 3.60. The fraction of sp³-hybridized carbons (Fsp3) is 0. The molecular formula is C28H16N. The SMILES string of the molecule is [c]1c2cc3ccccc3cc2cc2c1[nH]c1cc3cc4ccccc4cc3cc12. The van der Waals surface area contributed by atoms with Crippen LogP contribution in [0.1, 0.15) is 0 Å². The molecule has 7 aromatic rings. The first-order chi connectivity index (χ1) is 14.3. The molecule has 0 fully saturated rings. The van der Waals surface area contributed by atoms with Crippen LogP contribution in [0.25, 0.3) is 64.9 Å². The molecule has 0 aliphatic heterocycles. The lowest BCUT2D eigenvalue weighted by atomic mass is 9.99. The maximum atomic E-state index is 3.62. The Bertz CT molecular complexity index is 1620. The Kier molecular flexibility index (Phi) is 2.80. The third-order valence-corrected chi connectivity index (χ3v) is 6.14. The molecule has 0 spiro atoms. The van der Waals surface area contributed by atoms with E-state index in [1.807, 2.05) is 0 Å². The number of benzene rings is 6. The van der Waals surface area contributed by atoms with E-state index < -0.39 is 0 Å². The quantitative estimate of drug-likeness (QED) is 0.264. The Morgan fingerprint density at radius 3 is 1.72 bits per heavy atom. The van der Waals surface area contributed by atoms with Crippen LogP contribution in [0, 0.1) is 6.07 Å². The molecule has 0 unspecified atom stereocenters. The molecule has 0 saturated carbocycles. The molecule has 133 valence electrons. The Labute approximate surface area is 167 Å². The number of H-pyrrole nitrogens is 1. The molecule has 1 heteroatoms. The molecule has 1 nitrogen and oxygen atoms in total. The topological polar surface area (TPSA) is 15.8 Å². The lowest BCUT2D eigenvalue weighted by Crippen LogP contribution is -1.78. The van der Waals surface area contributed by atoms with Crippen LogP contribution in [0.2, 0.25) is 0 Å². The van der Waals surface area contributed by atoms with Crippen molar-refractivity contribution in [1.29, 1.82) is 0 Å². The van der Waals surface area contributed by atoms with Crippen LogP contribution >= 0.6 is 0 Å². The van der Waals surface area contributed by atoms with E-state index in [0.29, 0.717) is 0 Å². The Morgan fingerprint density at radius 2 is 1.03 bits per heavy atom. The van der Waals surface area contributed by atoms with Crippen LogP contribution in [0.15, 0.2) is 91.0 Å². The summed E-state index contributed by atoms with van der Waals surface area (Å²) >= 11 is 0. The molecular weight excluding hydrogens is 350 g/mol. The summed E-state index contributed by atoms with van der Waals surface area (Å²) in [5.74, 6) is 0. The van der Waals surface area contributed by atoms with E-state index in [0.717, 1.165) is 10.9 Å². The second kappa shape index (κ2) is 5.36. The van der Waals surface area contributed by atoms with Gasteiger partial charge in [0, 0.05) is 22.4 Å². The zero-order valence-electron chi connectivity index (χ0n) is 15.7. The van der Waals surface area contributed by atoms with Crippen molar-refractivity contribution in [3.8, 4) is 0 Å². The summed E-state index contributed by atoms with van der Waals surface area (Å²) in [7, 11) is 0. The minimum Gasteiger partial charge on any atom is -0.354 e. The Balaban J connectivity index is 1.59. The molecule has 1 heterocycles. The first kappa shape index (κ1) is 15.1. The molecule has 7 rings (SSSR count). The molecule has 0 aliphatic rings. The number of hydrogen-bond donors (Lipinski definition) is 1. The van der Waals surface area contributed by atoms with E-state index >= 15 is 0 Å². The average molecular weight is 366 g/mol. The minimum absolute atomic E-state index is 1.07. The highest BCUT2D eigenvalue weighted by Crippen LogP contribution is 2.34. The molecule has 0 atom stereocenters. The zero-order valence-corrected chi connectivity index (χ0v) is 15.7. The van der Waals surface area contributed by atoms with Crippen molar-refractivity contribution in [2.45, 2.75) is 0 Å². The molecule has 0 amide bonds. The van der Waals surface area contributed by atoms with Gasteiger partial charge in [0.25, 0.3) is 0 Å². The van der Waals surface area contributed by atoms with Gasteiger partial charge < -0.3 is 4.98 Å². The summed E-state index contributed by atoms with van der Waals surface area (Å²) in [5.41, 5.74) is 2.24. The Hall–Kier alpha value is -3.84. The molecule has 0 saturated heterocycles. The van der Waals surface area contributed by atoms with E-state index in [-0.39, 0.29) is 0 Å². The van der Waals surface area contributed by atoms with E-state index in [1.165, 1.54) is 54.0 Å². The van der Waals surface area contributed by atoms with Crippen LogP contribution in [-0.2, 0) is 0 Å². The van der Waals surface area contributed by atoms with Gasteiger partial charge in [0.15, 0.2) is 0 Å². The van der Waals surface area contributed by atoms with Gasteiger partial charge in [-0.3, -0.25) is 0 Å². The third-order valence-electron chi connectivity index (χ3n) is 6.14. The number of rotatable bonds is 0. The fourth-order valence-corrected chi connectivity index (χ4v) is 4.68. The summed E-state index contributed by atoms with van der Waals surface area (Å²) in [6.45, 7) is 0. The average Bonchev–Trinajstić information content (AvgIpc) is 3.09. The van der Waals surface area contributed by atoms with Crippen molar-refractivity contribution < 1.29 is 0 Å². The van der Waals surface area contributed by atoms with Gasteiger partial charge >= 0.3 is 0 Å². The second-order valence-electron chi connectivity index (χ2n) is 7.91. The lowest BCUT2D eigenvalue weighted by Gasteiger charge is -2.04. The van der Waals surface area contributed by atoms with Crippen molar-refractivity contribution >= 4 is 64.9 Å². The van der Waals surface area contributed by atoms with Crippen molar-refractivity contribution in [3.63, 3.8) is 0 Å². The van der Waals surface area contributed by atoms with Crippen LogP contribution < -0.4 is 0 Å². The van der Waals surface area contributed by atoms with Gasteiger partial charge in [-0.25, -0.2) is 0 Å². The maximum Gasteiger partial charge on any atom is 0.0552 e. The van der Waals surface area contributed by atoms with Crippen molar-refractivity contribution in [2.75, 3.05) is 0 Å². The molecule has 1 radical (unpaired) electrons. The maximum absolute atomic E-state index is 3.62. The van der Waals surface area contributed by atoms with Crippen LogP contribution in [-0.4, -0.2) is 4.98 Å². The smallest absolute Gasteiger partial charge is 0.0552 e. The van der Waals surface area contributed by atoms with Crippen LogP contribution in [0.3, 0.4) is 0 Å². The molecule has 0 aliphatic carbocycles. The zero-order chi connectivity index (χ0) is 18.9. The third kappa shape index (κ3) is 2.16. The molecule has 1 N–H and O–H groups in total. The number of aromatic amines is 1. The van der Waals surface area contributed by atoms with Crippen LogP contribution in [0.4, 0.5) is 0 Å². The Morgan fingerprint density at radius 1 is 0.483 bits per heavy atom. The van der Waals surface area contributed by atoms with Gasteiger partial charge in [0.1, 0.15) is 0 Å². The van der Waals surface area contributed by atoms with Gasteiger partial charge in [-0.15, -0.1) is 0 Å². The molecule has 6 aromatic carbocycles. The highest BCUT2D eigenvalue weighted by molar-refractivity contribution is 6.16. The van der Waals surface area contributed by atoms with Gasteiger partial charge in [-0.05, 0) is 85.6 Å². The van der Waals surface area contributed by atoms with E-state index in [4.69, 9.17) is 0 Å². The number of nitrogens with one attached hydrogen (secondary N) is 1. The second-order valence-corrected chi connectivity index (χ2v) is 7.91. The number of aromatic nitrogens is 1. The van der Waals surface area contributed by atoms with Crippen molar-refractivity contribution in [2.24, 2.45) is 0 Å². The first-order valence-electron chi connectivity index (χ1n) is 9.95. The van der Waals surface area contributed by atoms with Gasteiger partial charge in [-0.1, -0.05) is 48.5 Å². The normalized spacial score (nSPS) is 12.1. The van der Waals surface area contributed by atoms with Crippen LogP contribution in [0.5, 0.6) is 0 Å². The predicted octanol–water partition coefficient (Wildman–Crippen LogP) is 7.73. The van der Waals surface area contributed by atoms with Gasteiger partial charge in [0.2, 0.25) is 0 Å². The highest BCUT2D eigenvalue weighted by atomic mass is 14.7. The summed E-state index contributed by atoms with van der Waals surface area (Å²) in [5, 5.41) is 12.5. The van der Waals surface area contributed by atoms with Gasteiger partial charge in [-0.2, -0.15) is 0 Å². The van der Waals surface area contributed by atoms with Gasteiger partial charge in [0.05, 0.1) is 5.52 Å². The molecule has 0 bridgehead atoms. The number of hydrogen-bond acceptors (Lipinski definition) is 0. The summed E-state index contributed by atoms with van der Waals surface area (Å²) < 4.78 is 0. The van der Waals surface area contributed by atoms with E-state index in [9.17, 15) is 0 Å². The van der Waals surface area contributed by atoms with E-state index in [2.05, 4.69) is 102 Å². The summed E-state index contributed by atoms with van der Waals surface area (Å²) in [6, 6.07) is 36.7. The standard InChI is InChI=1S/C28H16N/c1-3-7-19-11-23-15-27-25(13-21(23)9-17(19)5-1)26-14-22-10-18-6-2-4-8-20(18)12-24(22)16-28(26)29-27/h1-15,29H. The van der Waals surface area contributed by atoms with Crippen molar-refractivity contribution in [3.05, 3.63) is 97.1 Å². The first-order valence-corrected chi connectivity index (χ1v) is 9.95. The minimum atomic E-state index is 1.07. The molecule has 29 heavy (non-hydrogen) atoms. The summed E-state index contributed by atoms with van der Waals surface area (Å²) in [6.07, 6.45) is 0. The lowest BCUT2D eigenvalue weighted by molar-refractivity contribution is 1.56. The molecule has 1 aromatic heterocycles. The van der Waals surface area contributed by atoms with Crippen molar-refractivity contribution in [1.82, 2.24) is 4.98 Å². The number of fused-ring (bicyclic) bond motifs is 7. The monoisotopic (exact) mass is 366 g/mol.